The third-order valence-electron chi connectivity index (χ3n) is 2.75. The van der Waals surface area contributed by atoms with E-state index in [9.17, 15) is 9.59 Å². The Hall–Kier alpha value is -2.44. The van der Waals surface area contributed by atoms with Crippen LogP contribution in [0.1, 0.15) is 12.8 Å². The largest absolute Gasteiger partial charge is 0.450 e. The first-order valence-electron chi connectivity index (χ1n) is 6.74. The van der Waals surface area contributed by atoms with Gasteiger partial charge < -0.3 is 25.8 Å². The van der Waals surface area contributed by atoms with Crippen LogP contribution in [0.4, 0.5) is 15.3 Å². The van der Waals surface area contributed by atoms with Crippen molar-refractivity contribution >= 4 is 17.9 Å². The van der Waals surface area contributed by atoms with E-state index in [0.717, 1.165) is 5.69 Å². The highest BCUT2D eigenvalue weighted by atomic mass is 16.5. The van der Waals surface area contributed by atoms with Gasteiger partial charge in [0.1, 0.15) is 0 Å². The van der Waals surface area contributed by atoms with Crippen molar-refractivity contribution in [1.29, 1.82) is 0 Å². The molecule has 2 amide bonds. The molecule has 0 spiro atoms. The maximum atomic E-state index is 10.5. The first-order chi connectivity index (χ1) is 10.1. The van der Waals surface area contributed by atoms with Crippen LogP contribution in [-0.2, 0) is 9.47 Å². The number of para-hydroxylation sites is 1. The molecule has 7 nitrogen and oxygen atoms in total. The smallest absolute Gasteiger partial charge is 0.404 e. The molecule has 0 unspecified atom stereocenters. The summed E-state index contributed by atoms with van der Waals surface area (Å²) in [6.45, 7) is 1.95. The second-order valence-corrected chi connectivity index (χ2v) is 4.36. The molecule has 0 saturated heterocycles. The maximum Gasteiger partial charge on any atom is 0.404 e. The second kappa shape index (κ2) is 9.46. The predicted molar refractivity (Wildman–Crippen MR) is 79.0 cm³/mol. The van der Waals surface area contributed by atoms with Crippen molar-refractivity contribution in [3.05, 3.63) is 30.3 Å². The summed E-state index contributed by atoms with van der Waals surface area (Å²) in [5.41, 5.74) is 10.9. The van der Waals surface area contributed by atoms with Gasteiger partial charge in [0.15, 0.2) is 0 Å². The molecule has 0 aromatic heterocycles. The molecule has 0 aliphatic carbocycles. The van der Waals surface area contributed by atoms with Gasteiger partial charge in [-0.3, -0.25) is 0 Å². The van der Waals surface area contributed by atoms with Gasteiger partial charge in [-0.05, 0) is 25.0 Å². The number of hydrogen-bond acceptors (Lipinski definition) is 5. The first-order valence-corrected chi connectivity index (χ1v) is 6.74. The number of anilines is 1. The number of hydrogen-bond donors (Lipinski definition) is 2. The Morgan fingerprint density at radius 1 is 0.905 bits per heavy atom. The summed E-state index contributed by atoms with van der Waals surface area (Å²) in [6, 6.07) is 9.81. The zero-order valence-corrected chi connectivity index (χ0v) is 11.9. The molecular weight excluding hydrogens is 274 g/mol. The minimum absolute atomic E-state index is 0.274. The number of carbonyl (C=O) groups is 2. The van der Waals surface area contributed by atoms with Crippen LogP contribution in [0.3, 0.4) is 0 Å². The summed E-state index contributed by atoms with van der Waals surface area (Å²) < 4.78 is 9.42. The monoisotopic (exact) mass is 295 g/mol. The van der Waals surface area contributed by atoms with Crippen molar-refractivity contribution in [2.24, 2.45) is 11.5 Å². The van der Waals surface area contributed by atoms with Gasteiger partial charge in [0, 0.05) is 18.8 Å². The predicted octanol–water partition coefficient (Wildman–Crippen LogP) is 1.46. The number of nitrogens with zero attached hydrogens (tertiary/aromatic N) is 1. The lowest BCUT2D eigenvalue weighted by molar-refractivity contribution is 0.155. The Morgan fingerprint density at radius 2 is 1.38 bits per heavy atom. The molecule has 1 aromatic carbocycles. The molecule has 4 N–H and O–H groups in total. The van der Waals surface area contributed by atoms with Crippen LogP contribution < -0.4 is 16.4 Å². The fraction of sp³-hybridized carbons (Fsp3) is 0.429. The van der Waals surface area contributed by atoms with Gasteiger partial charge in [0.05, 0.1) is 13.2 Å². The molecule has 0 bridgehead atoms. The van der Waals surface area contributed by atoms with Crippen LogP contribution in [0.25, 0.3) is 0 Å². The van der Waals surface area contributed by atoms with E-state index in [1.165, 1.54) is 0 Å². The Labute approximate surface area is 123 Å². The highest BCUT2D eigenvalue weighted by molar-refractivity contribution is 5.64. The van der Waals surface area contributed by atoms with E-state index in [2.05, 4.69) is 4.90 Å². The van der Waals surface area contributed by atoms with Gasteiger partial charge >= 0.3 is 12.2 Å². The van der Waals surface area contributed by atoms with Crippen LogP contribution in [0.15, 0.2) is 30.3 Å². The average molecular weight is 295 g/mol. The van der Waals surface area contributed by atoms with Gasteiger partial charge in [-0.15, -0.1) is 0 Å². The summed E-state index contributed by atoms with van der Waals surface area (Å²) in [4.78, 5) is 23.1. The zero-order chi connectivity index (χ0) is 15.5. The van der Waals surface area contributed by atoms with Gasteiger partial charge in [-0.1, -0.05) is 18.2 Å². The third-order valence-corrected chi connectivity index (χ3v) is 2.75. The fourth-order valence-corrected chi connectivity index (χ4v) is 1.87. The topological polar surface area (TPSA) is 108 Å². The van der Waals surface area contributed by atoms with Crippen LogP contribution in [0.5, 0.6) is 0 Å². The lowest BCUT2D eigenvalue weighted by Crippen LogP contribution is -2.28. The third kappa shape index (κ3) is 7.66. The molecule has 0 aliphatic rings. The molecule has 0 saturated carbocycles. The molecule has 0 atom stereocenters. The first kappa shape index (κ1) is 16.6. The molecular formula is C14H21N3O4. The van der Waals surface area contributed by atoms with Crippen LogP contribution in [0.2, 0.25) is 0 Å². The fourth-order valence-electron chi connectivity index (χ4n) is 1.87. The average Bonchev–Trinajstić information content (AvgIpc) is 2.46. The number of benzene rings is 1. The molecule has 116 valence electrons. The maximum absolute atomic E-state index is 10.5. The number of nitrogens with two attached hydrogens (primary N) is 2. The van der Waals surface area contributed by atoms with E-state index in [0.29, 0.717) is 25.9 Å². The van der Waals surface area contributed by atoms with E-state index in [1.54, 1.807) is 0 Å². The highest BCUT2D eigenvalue weighted by Gasteiger charge is 2.07. The number of rotatable bonds is 9. The Morgan fingerprint density at radius 3 is 1.81 bits per heavy atom. The van der Waals surface area contributed by atoms with Crippen LogP contribution in [-0.4, -0.2) is 38.5 Å². The molecule has 0 heterocycles. The van der Waals surface area contributed by atoms with Crippen molar-refractivity contribution in [3.8, 4) is 0 Å². The lowest BCUT2D eigenvalue weighted by atomic mass is 10.2. The highest BCUT2D eigenvalue weighted by Crippen LogP contribution is 2.14. The van der Waals surface area contributed by atoms with Crippen molar-refractivity contribution in [3.63, 3.8) is 0 Å². The number of carbonyl (C=O) groups excluding carboxylic acids is 2. The molecule has 1 rings (SSSR count). The van der Waals surface area contributed by atoms with Crippen molar-refractivity contribution in [2.45, 2.75) is 12.8 Å². The van der Waals surface area contributed by atoms with Gasteiger partial charge in [0.2, 0.25) is 0 Å². The minimum atomic E-state index is -0.767. The minimum Gasteiger partial charge on any atom is -0.450 e. The molecule has 21 heavy (non-hydrogen) atoms. The van der Waals surface area contributed by atoms with E-state index >= 15 is 0 Å². The quantitative estimate of drug-likeness (QED) is 0.670. The number of amides is 2. The van der Waals surface area contributed by atoms with E-state index < -0.39 is 12.2 Å². The van der Waals surface area contributed by atoms with E-state index in [4.69, 9.17) is 20.9 Å². The van der Waals surface area contributed by atoms with Crippen molar-refractivity contribution in [2.75, 3.05) is 31.2 Å². The summed E-state index contributed by atoms with van der Waals surface area (Å²) in [5, 5.41) is 0. The summed E-state index contributed by atoms with van der Waals surface area (Å²) in [5.74, 6) is 0. The SMILES string of the molecule is NC(=O)OCCCN(CCCOC(N)=O)c1ccccc1. The van der Waals surface area contributed by atoms with Crippen molar-refractivity contribution in [1.82, 2.24) is 0 Å². The molecule has 7 heteroatoms. The second-order valence-electron chi connectivity index (χ2n) is 4.36. The van der Waals surface area contributed by atoms with Crippen molar-refractivity contribution < 1.29 is 19.1 Å². The Balaban J connectivity index is 2.42. The lowest BCUT2D eigenvalue weighted by Gasteiger charge is -2.24. The number of ether oxygens (including phenoxy) is 2. The molecule has 0 radical (unpaired) electrons. The number of primary amides is 2. The van der Waals surface area contributed by atoms with Gasteiger partial charge in [-0.25, -0.2) is 9.59 Å². The van der Waals surface area contributed by atoms with E-state index in [1.807, 2.05) is 30.3 Å². The Kier molecular flexibility index (Phi) is 7.49. The Bertz CT molecular complexity index is 417. The molecule has 0 aliphatic heterocycles. The van der Waals surface area contributed by atoms with Gasteiger partial charge in [0.25, 0.3) is 0 Å². The van der Waals surface area contributed by atoms with Crippen LogP contribution in [0, 0.1) is 0 Å². The van der Waals surface area contributed by atoms with E-state index in [-0.39, 0.29) is 13.2 Å². The zero-order valence-electron chi connectivity index (χ0n) is 11.9. The molecule has 1 aromatic rings. The van der Waals surface area contributed by atoms with Gasteiger partial charge in [-0.2, -0.15) is 0 Å². The summed E-state index contributed by atoms with van der Waals surface area (Å²) >= 11 is 0. The molecule has 0 fully saturated rings. The van der Waals surface area contributed by atoms with Crippen LogP contribution >= 0.6 is 0 Å². The summed E-state index contributed by atoms with van der Waals surface area (Å²) in [7, 11) is 0. The normalized spacial score (nSPS) is 9.90. The standard InChI is InChI=1S/C14H21N3O4/c15-13(18)20-10-4-8-17(9-5-11-21-14(16)19)12-6-2-1-3-7-12/h1-3,6-7H,4-5,8-11H2,(H2,15,18)(H2,16,19). The summed E-state index contributed by atoms with van der Waals surface area (Å²) in [6.07, 6.45) is -0.213.